The first-order valence-corrected chi connectivity index (χ1v) is 7.96. The molecule has 2 rings (SSSR count). The number of hydrogen-bond donors (Lipinski definition) is 0. The van der Waals surface area contributed by atoms with Crippen molar-refractivity contribution in [2.24, 2.45) is 0 Å². The molecular weight excluding hydrogens is 371 g/mol. The molecule has 0 aromatic heterocycles. The number of carbonyl (C=O) groups excluding carboxylic acids is 1. The van der Waals surface area contributed by atoms with Crippen molar-refractivity contribution in [3.05, 3.63) is 53.1 Å². The number of ketones is 1. The first kappa shape index (κ1) is 20.7. The van der Waals surface area contributed by atoms with Gasteiger partial charge in [0, 0.05) is 5.56 Å². The molecule has 3 nitrogen and oxygen atoms in total. The van der Waals surface area contributed by atoms with Gasteiger partial charge in [0.2, 0.25) is 0 Å². The SMILES string of the molecule is CCc1cc(Oc2cc(C(F)(F)C(F)(F)F)ccc2C(C)=O)ccc1OC. The fraction of sp³-hybridized carbons (Fsp3) is 0.316. The molecule has 0 saturated heterocycles. The summed E-state index contributed by atoms with van der Waals surface area (Å²) in [5, 5.41) is 0. The summed E-state index contributed by atoms with van der Waals surface area (Å²) in [6, 6.07) is 6.63. The third-order valence-electron chi connectivity index (χ3n) is 3.94. The van der Waals surface area contributed by atoms with Gasteiger partial charge in [0.1, 0.15) is 17.2 Å². The van der Waals surface area contributed by atoms with Gasteiger partial charge >= 0.3 is 12.1 Å². The van der Waals surface area contributed by atoms with Crippen molar-refractivity contribution >= 4 is 5.78 Å². The Kier molecular flexibility index (Phi) is 5.77. The zero-order chi connectivity index (χ0) is 20.4. The molecule has 0 atom stereocenters. The fourth-order valence-corrected chi connectivity index (χ4v) is 2.48. The molecule has 0 fully saturated rings. The van der Waals surface area contributed by atoms with E-state index < -0.39 is 23.4 Å². The molecule has 146 valence electrons. The van der Waals surface area contributed by atoms with Crippen LogP contribution in [0.5, 0.6) is 17.2 Å². The van der Waals surface area contributed by atoms with Gasteiger partial charge in [-0.05, 0) is 49.2 Å². The van der Waals surface area contributed by atoms with E-state index >= 15 is 0 Å². The highest BCUT2D eigenvalue weighted by atomic mass is 19.4. The van der Waals surface area contributed by atoms with Gasteiger partial charge in [0.25, 0.3) is 0 Å². The van der Waals surface area contributed by atoms with Gasteiger partial charge in [-0.2, -0.15) is 22.0 Å². The summed E-state index contributed by atoms with van der Waals surface area (Å²) in [6.45, 7) is 3.02. The Labute approximate surface area is 152 Å². The molecule has 0 aliphatic heterocycles. The maximum absolute atomic E-state index is 13.6. The van der Waals surface area contributed by atoms with E-state index in [0.29, 0.717) is 24.3 Å². The number of methoxy groups -OCH3 is 1. The van der Waals surface area contributed by atoms with Gasteiger partial charge in [-0.3, -0.25) is 4.79 Å². The lowest BCUT2D eigenvalue weighted by molar-refractivity contribution is -0.289. The van der Waals surface area contributed by atoms with Crippen LogP contribution in [0.1, 0.15) is 35.3 Å². The standard InChI is InChI=1S/C19H17F5O3/c1-4-12-9-14(6-8-16(12)26-3)27-17-10-13(5-7-15(17)11(2)25)18(20,21)19(22,23)24/h5-10H,4H2,1-3H3. The predicted molar refractivity (Wildman–Crippen MR) is 88.8 cm³/mol. The molecule has 0 unspecified atom stereocenters. The van der Waals surface area contributed by atoms with Crippen molar-refractivity contribution in [2.45, 2.75) is 32.4 Å². The molecule has 0 N–H and O–H groups in total. The molecule has 0 aliphatic rings. The summed E-state index contributed by atoms with van der Waals surface area (Å²) in [5.41, 5.74) is -0.666. The number of Topliss-reactive ketones (excluding diaryl/α,β-unsaturated/α-hetero) is 1. The lowest BCUT2D eigenvalue weighted by atomic mass is 10.0. The molecule has 0 heterocycles. The molecular formula is C19H17F5O3. The van der Waals surface area contributed by atoms with E-state index in [2.05, 4.69) is 0 Å². The normalized spacial score (nSPS) is 12.0. The molecule has 8 heteroatoms. The van der Waals surface area contributed by atoms with Crippen LogP contribution in [0.4, 0.5) is 22.0 Å². The number of benzene rings is 2. The third kappa shape index (κ3) is 4.20. The number of alkyl halides is 5. The van der Waals surface area contributed by atoms with E-state index in [4.69, 9.17) is 9.47 Å². The first-order valence-electron chi connectivity index (χ1n) is 7.96. The van der Waals surface area contributed by atoms with Crippen molar-refractivity contribution in [1.29, 1.82) is 0 Å². The van der Waals surface area contributed by atoms with Gasteiger partial charge in [0.15, 0.2) is 5.78 Å². The average molecular weight is 388 g/mol. The van der Waals surface area contributed by atoms with Crippen LogP contribution in [0.3, 0.4) is 0 Å². The van der Waals surface area contributed by atoms with E-state index in [1.807, 2.05) is 6.92 Å². The second-order valence-corrected chi connectivity index (χ2v) is 5.77. The predicted octanol–water partition coefficient (Wildman–Crippen LogP) is 5.91. The van der Waals surface area contributed by atoms with E-state index in [1.165, 1.54) is 13.2 Å². The van der Waals surface area contributed by atoms with Gasteiger partial charge in [-0.1, -0.05) is 13.0 Å². The van der Waals surface area contributed by atoms with Crippen LogP contribution in [0.15, 0.2) is 36.4 Å². The van der Waals surface area contributed by atoms with E-state index in [1.54, 1.807) is 12.1 Å². The molecule has 0 saturated carbocycles. The Hall–Kier alpha value is -2.64. The average Bonchev–Trinajstić information content (AvgIpc) is 2.60. The van der Waals surface area contributed by atoms with E-state index in [-0.39, 0.29) is 17.1 Å². The molecule has 27 heavy (non-hydrogen) atoms. The van der Waals surface area contributed by atoms with E-state index in [9.17, 15) is 26.7 Å². The highest BCUT2D eigenvalue weighted by molar-refractivity contribution is 5.97. The minimum atomic E-state index is -5.77. The Bertz CT molecular complexity index is 844. The third-order valence-corrected chi connectivity index (χ3v) is 3.94. The number of ether oxygens (including phenoxy) is 2. The van der Waals surface area contributed by atoms with Crippen LogP contribution >= 0.6 is 0 Å². The summed E-state index contributed by atoms with van der Waals surface area (Å²) in [7, 11) is 1.48. The van der Waals surface area contributed by atoms with Crippen LogP contribution in [0.2, 0.25) is 0 Å². The molecule has 2 aromatic rings. The number of rotatable bonds is 6. The van der Waals surface area contributed by atoms with Crippen LogP contribution in [0.25, 0.3) is 0 Å². The number of halogens is 5. The Balaban J connectivity index is 2.51. The minimum Gasteiger partial charge on any atom is -0.496 e. The lowest BCUT2D eigenvalue weighted by Crippen LogP contribution is -2.33. The molecule has 0 amide bonds. The van der Waals surface area contributed by atoms with Crippen LogP contribution in [0, 0.1) is 0 Å². The quantitative estimate of drug-likeness (QED) is 0.456. The van der Waals surface area contributed by atoms with Crippen LogP contribution in [-0.4, -0.2) is 19.1 Å². The lowest BCUT2D eigenvalue weighted by Gasteiger charge is -2.21. The van der Waals surface area contributed by atoms with Crippen LogP contribution < -0.4 is 9.47 Å². The highest BCUT2D eigenvalue weighted by Gasteiger charge is 2.58. The van der Waals surface area contributed by atoms with Crippen molar-refractivity contribution in [1.82, 2.24) is 0 Å². The topological polar surface area (TPSA) is 35.5 Å². The number of carbonyl (C=O) groups is 1. The van der Waals surface area contributed by atoms with Crippen LogP contribution in [-0.2, 0) is 12.3 Å². The molecule has 0 aliphatic carbocycles. The monoisotopic (exact) mass is 388 g/mol. The Morgan fingerprint density at radius 3 is 2.19 bits per heavy atom. The summed E-state index contributed by atoms with van der Waals surface area (Å²) >= 11 is 0. The Morgan fingerprint density at radius 2 is 1.67 bits per heavy atom. The van der Waals surface area contributed by atoms with E-state index in [0.717, 1.165) is 18.6 Å². The zero-order valence-electron chi connectivity index (χ0n) is 14.8. The fourth-order valence-electron chi connectivity index (χ4n) is 2.48. The smallest absolute Gasteiger partial charge is 0.458 e. The second kappa shape index (κ2) is 7.54. The first-order chi connectivity index (χ1) is 12.5. The maximum atomic E-state index is 13.6. The summed E-state index contributed by atoms with van der Waals surface area (Å²) in [4.78, 5) is 11.7. The highest BCUT2D eigenvalue weighted by Crippen LogP contribution is 2.45. The molecule has 2 aromatic carbocycles. The summed E-state index contributed by atoms with van der Waals surface area (Å²) < 4.78 is 75.9. The van der Waals surface area contributed by atoms with Gasteiger partial charge in [-0.25, -0.2) is 0 Å². The van der Waals surface area contributed by atoms with Crippen molar-refractivity contribution in [2.75, 3.05) is 7.11 Å². The Morgan fingerprint density at radius 1 is 1.00 bits per heavy atom. The van der Waals surface area contributed by atoms with Crippen molar-refractivity contribution in [3.63, 3.8) is 0 Å². The second-order valence-electron chi connectivity index (χ2n) is 5.77. The minimum absolute atomic E-state index is 0.106. The van der Waals surface area contributed by atoms with Gasteiger partial charge in [-0.15, -0.1) is 0 Å². The molecule has 0 radical (unpaired) electrons. The summed E-state index contributed by atoms with van der Waals surface area (Å²) in [5.74, 6) is -5.22. The largest absolute Gasteiger partial charge is 0.496 e. The van der Waals surface area contributed by atoms with Crippen molar-refractivity contribution < 1.29 is 36.2 Å². The maximum Gasteiger partial charge on any atom is 0.458 e. The number of aryl methyl sites for hydroxylation is 1. The molecule has 0 bridgehead atoms. The number of hydrogen-bond acceptors (Lipinski definition) is 3. The summed E-state index contributed by atoms with van der Waals surface area (Å²) in [6.07, 6.45) is -5.19. The van der Waals surface area contributed by atoms with Crippen molar-refractivity contribution in [3.8, 4) is 17.2 Å². The van der Waals surface area contributed by atoms with Gasteiger partial charge < -0.3 is 9.47 Å². The molecule has 0 spiro atoms. The van der Waals surface area contributed by atoms with Gasteiger partial charge in [0.05, 0.1) is 12.7 Å². The zero-order valence-corrected chi connectivity index (χ0v) is 14.8.